The minimum atomic E-state index is -0.487. The molecule has 0 saturated carbocycles. The monoisotopic (exact) mass is 373 g/mol. The fourth-order valence-electron chi connectivity index (χ4n) is 2.93. The van der Waals surface area contributed by atoms with E-state index < -0.39 is 4.92 Å². The maximum absolute atomic E-state index is 12.9. The maximum Gasteiger partial charge on any atom is 0.269 e. The zero-order valence-corrected chi connectivity index (χ0v) is 14.9. The van der Waals surface area contributed by atoms with Gasteiger partial charge in [-0.3, -0.25) is 14.9 Å². The van der Waals surface area contributed by atoms with E-state index in [1.54, 1.807) is 6.07 Å². The van der Waals surface area contributed by atoms with Crippen LogP contribution in [-0.4, -0.2) is 15.8 Å². The highest BCUT2D eigenvalue weighted by atomic mass is 16.6. The fraction of sp³-hybridized carbons (Fsp3) is 0.0476. The summed E-state index contributed by atoms with van der Waals surface area (Å²) >= 11 is 0. The van der Waals surface area contributed by atoms with Gasteiger partial charge in [-0.1, -0.05) is 18.2 Å². The zero-order valence-electron chi connectivity index (χ0n) is 14.9. The van der Waals surface area contributed by atoms with Crippen LogP contribution in [0.4, 0.5) is 11.4 Å². The van der Waals surface area contributed by atoms with E-state index in [2.05, 4.69) is 10.3 Å². The van der Waals surface area contributed by atoms with Gasteiger partial charge in [0.2, 0.25) is 0 Å². The predicted octanol–water partition coefficient (Wildman–Crippen LogP) is 4.96. The van der Waals surface area contributed by atoms with Gasteiger partial charge in [0.1, 0.15) is 11.5 Å². The second-order valence-corrected chi connectivity index (χ2v) is 6.24. The number of fused-ring (bicyclic) bond motifs is 1. The molecule has 0 spiro atoms. The number of amides is 1. The largest absolute Gasteiger partial charge is 0.460 e. The van der Waals surface area contributed by atoms with Crippen molar-refractivity contribution in [3.05, 3.63) is 88.2 Å². The van der Waals surface area contributed by atoms with Crippen molar-refractivity contribution in [2.45, 2.75) is 6.92 Å². The van der Waals surface area contributed by atoms with E-state index in [0.717, 1.165) is 5.76 Å². The molecular formula is C21H15N3O4. The third-order valence-electron chi connectivity index (χ3n) is 4.29. The van der Waals surface area contributed by atoms with Gasteiger partial charge in [-0.25, -0.2) is 4.98 Å². The Balaban J connectivity index is 1.73. The van der Waals surface area contributed by atoms with E-state index >= 15 is 0 Å². The number of rotatable bonds is 4. The summed E-state index contributed by atoms with van der Waals surface area (Å²) in [6.45, 7) is 1.84. The third-order valence-corrected chi connectivity index (χ3v) is 4.29. The van der Waals surface area contributed by atoms with Gasteiger partial charge in [0.25, 0.3) is 11.6 Å². The molecule has 1 amide bonds. The standard InChI is InChI=1S/C21H15N3O4/c1-13-6-11-20(28-13)19-12-17(16-4-2-3-5-18(16)23-19)21(25)22-14-7-9-15(10-8-14)24(26)27/h2-12H,1H3,(H,22,25). The van der Waals surface area contributed by atoms with Crippen molar-refractivity contribution < 1.29 is 14.1 Å². The maximum atomic E-state index is 12.9. The predicted molar refractivity (Wildman–Crippen MR) is 105 cm³/mol. The van der Waals surface area contributed by atoms with Crippen LogP contribution in [0.1, 0.15) is 16.1 Å². The summed E-state index contributed by atoms with van der Waals surface area (Å²) in [6, 6.07) is 18.4. The molecule has 4 rings (SSSR count). The van der Waals surface area contributed by atoms with Crippen LogP contribution in [-0.2, 0) is 0 Å². The lowest BCUT2D eigenvalue weighted by Gasteiger charge is -2.10. The summed E-state index contributed by atoms with van der Waals surface area (Å²) < 4.78 is 5.65. The van der Waals surface area contributed by atoms with Crippen molar-refractivity contribution in [1.29, 1.82) is 0 Å². The van der Waals surface area contributed by atoms with E-state index in [-0.39, 0.29) is 11.6 Å². The van der Waals surface area contributed by atoms with Gasteiger partial charge in [-0.2, -0.15) is 0 Å². The first kappa shape index (κ1) is 17.4. The van der Waals surface area contributed by atoms with Crippen molar-refractivity contribution in [3.63, 3.8) is 0 Å². The number of nitrogens with one attached hydrogen (secondary N) is 1. The van der Waals surface area contributed by atoms with E-state index in [0.29, 0.717) is 33.6 Å². The number of carbonyl (C=O) groups excluding carboxylic acids is 1. The minimum Gasteiger partial charge on any atom is -0.460 e. The smallest absolute Gasteiger partial charge is 0.269 e. The number of anilines is 1. The van der Waals surface area contributed by atoms with Gasteiger partial charge in [0.15, 0.2) is 5.76 Å². The van der Waals surface area contributed by atoms with Gasteiger partial charge in [-0.05, 0) is 43.3 Å². The second kappa shape index (κ2) is 6.96. The molecule has 0 atom stereocenters. The Bertz CT molecular complexity index is 1200. The number of nitro groups is 1. The van der Waals surface area contributed by atoms with E-state index in [1.165, 1.54) is 24.3 Å². The molecule has 0 saturated heterocycles. The van der Waals surface area contributed by atoms with Crippen LogP contribution in [0, 0.1) is 17.0 Å². The first-order valence-electron chi connectivity index (χ1n) is 8.54. The van der Waals surface area contributed by atoms with E-state index in [1.807, 2.05) is 43.3 Å². The molecule has 0 aliphatic rings. The number of nitro benzene ring substituents is 1. The molecule has 28 heavy (non-hydrogen) atoms. The summed E-state index contributed by atoms with van der Waals surface area (Å²) in [5.74, 6) is 0.992. The van der Waals surface area contributed by atoms with Crippen molar-refractivity contribution >= 4 is 28.2 Å². The number of nitrogens with zero attached hydrogens (tertiary/aromatic N) is 2. The van der Waals surface area contributed by atoms with Gasteiger partial charge in [-0.15, -0.1) is 0 Å². The molecule has 2 aromatic heterocycles. The Morgan fingerprint density at radius 2 is 1.82 bits per heavy atom. The molecule has 0 aliphatic carbocycles. The summed E-state index contributed by atoms with van der Waals surface area (Å²) in [5.41, 5.74) is 2.09. The number of non-ortho nitro benzene ring substituents is 1. The first-order valence-corrected chi connectivity index (χ1v) is 8.54. The molecule has 2 heterocycles. The second-order valence-electron chi connectivity index (χ2n) is 6.24. The molecular weight excluding hydrogens is 358 g/mol. The van der Waals surface area contributed by atoms with Crippen molar-refractivity contribution in [1.82, 2.24) is 4.98 Å². The van der Waals surface area contributed by atoms with Crippen LogP contribution in [0.2, 0.25) is 0 Å². The fourth-order valence-corrected chi connectivity index (χ4v) is 2.93. The first-order chi connectivity index (χ1) is 13.5. The zero-order chi connectivity index (χ0) is 19.7. The van der Waals surface area contributed by atoms with Gasteiger partial charge in [0.05, 0.1) is 16.0 Å². The molecule has 7 heteroatoms. The number of furan rings is 1. The van der Waals surface area contributed by atoms with Crippen LogP contribution < -0.4 is 5.32 Å². The molecule has 4 aromatic rings. The molecule has 0 unspecified atom stereocenters. The van der Waals surface area contributed by atoms with Crippen LogP contribution in [0.25, 0.3) is 22.4 Å². The van der Waals surface area contributed by atoms with E-state index in [9.17, 15) is 14.9 Å². The highest BCUT2D eigenvalue weighted by Gasteiger charge is 2.16. The van der Waals surface area contributed by atoms with E-state index in [4.69, 9.17) is 4.42 Å². The number of hydrogen-bond acceptors (Lipinski definition) is 5. The molecule has 7 nitrogen and oxygen atoms in total. The average Bonchev–Trinajstić information content (AvgIpc) is 3.14. The third kappa shape index (κ3) is 3.33. The lowest BCUT2D eigenvalue weighted by atomic mass is 10.1. The molecule has 0 fully saturated rings. The highest BCUT2D eigenvalue weighted by Crippen LogP contribution is 2.27. The Morgan fingerprint density at radius 1 is 1.07 bits per heavy atom. The topological polar surface area (TPSA) is 98.3 Å². The molecule has 1 N–H and O–H groups in total. The SMILES string of the molecule is Cc1ccc(-c2cc(C(=O)Nc3ccc([N+](=O)[O-])cc3)c3ccccc3n2)o1. The van der Waals surface area contributed by atoms with Crippen molar-refractivity contribution in [2.24, 2.45) is 0 Å². The highest BCUT2D eigenvalue weighted by molar-refractivity contribution is 6.13. The summed E-state index contributed by atoms with van der Waals surface area (Å²) in [7, 11) is 0. The molecule has 0 aliphatic heterocycles. The normalized spacial score (nSPS) is 10.8. The summed E-state index contributed by atoms with van der Waals surface area (Å²) in [4.78, 5) is 27.8. The Kier molecular flexibility index (Phi) is 4.33. The molecule has 2 aromatic carbocycles. The van der Waals surface area contributed by atoms with Crippen LogP contribution in [0.5, 0.6) is 0 Å². The number of aryl methyl sites for hydroxylation is 1. The van der Waals surface area contributed by atoms with Gasteiger partial charge >= 0.3 is 0 Å². The van der Waals surface area contributed by atoms with Crippen LogP contribution in [0.15, 0.2) is 71.1 Å². The number of para-hydroxylation sites is 1. The number of carbonyl (C=O) groups is 1. The molecule has 138 valence electrons. The average molecular weight is 373 g/mol. The van der Waals surface area contributed by atoms with Crippen LogP contribution >= 0.6 is 0 Å². The number of aromatic nitrogens is 1. The van der Waals surface area contributed by atoms with Gasteiger partial charge < -0.3 is 9.73 Å². The van der Waals surface area contributed by atoms with Gasteiger partial charge in [0, 0.05) is 23.2 Å². The number of benzene rings is 2. The Labute approximate surface area is 159 Å². The van der Waals surface area contributed by atoms with Crippen molar-refractivity contribution in [2.75, 3.05) is 5.32 Å². The minimum absolute atomic E-state index is 0.0390. The quantitative estimate of drug-likeness (QED) is 0.402. The Morgan fingerprint density at radius 3 is 2.50 bits per heavy atom. The summed E-state index contributed by atoms with van der Waals surface area (Å²) in [6.07, 6.45) is 0. The lowest BCUT2D eigenvalue weighted by molar-refractivity contribution is -0.384. The molecule has 0 bridgehead atoms. The summed E-state index contributed by atoms with van der Waals surface area (Å²) in [5, 5.41) is 14.3. The molecule has 0 radical (unpaired) electrons. The number of hydrogen-bond donors (Lipinski definition) is 1. The van der Waals surface area contributed by atoms with Crippen molar-refractivity contribution in [3.8, 4) is 11.5 Å². The Hall–Kier alpha value is -4.00. The number of pyridine rings is 1. The van der Waals surface area contributed by atoms with Crippen LogP contribution in [0.3, 0.4) is 0 Å². The lowest BCUT2D eigenvalue weighted by Crippen LogP contribution is -2.13.